The predicted octanol–water partition coefficient (Wildman–Crippen LogP) is 2.39. The third kappa shape index (κ3) is 6.39. The van der Waals surface area contributed by atoms with Crippen LogP contribution in [0, 0.1) is 11.8 Å². The van der Waals surface area contributed by atoms with E-state index in [4.69, 9.17) is 0 Å². The Morgan fingerprint density at radius 2 is 1.84 bits per heavy atom. The first-order valence-corrected chi connectivity index (χ1v) is 6.98. The van der Waals surface area contributed by atoms with Gasteiger partial charge in [0.2, 0.25) is 5.91 Å². The fraction of sp³-hybridized carbons (Fsp3) is 0.562. The van der Waals surface area contributed by atoms with Gasteiger partial charge in [-0.3, -0.25) is 4.79 Å². The molecule has 0 aliphatic rings. The molecule has 1 aromatic rings. The molecule has 1 rings (SSSR count). The van der Waals surface area contributed by atoms with Gasteiger partial charge in [-0.1, -0.05) is 51.1 Å². The Labute approximate surface area is 116 Å². The highest BCUT2D eigenvalue weighted by Crippen LogP contribution is 2.08. The van der Waals surface area contributed by atoms with Gasteiger partial charge in [0, 0.05) is 12.5 Å². The lowest BCUT2D eigenvalue weighted by Gasteiger charge is -2.16. The van der Waals surface area contributed by atoms with Gasteiger partial charge in [0.25, 0.3) is 0 Å². The van der Waals surface area contributed by atoms with Gasteiger partial charge < -0.3 is 10.4 Å². The molecule has 106 valence electrons. The first kappa shape index (κ1) is 15.7. The van der Waals surface area contributed by atoms with Crippen molar-refractivity contribution >= 4 is 5.91 Å². The summed E-state index contributed by atoms with van der Waals surface area (Å²) in [6.07, 6.45) is 0.994. The number of carbonyl (C=O) groups excluding carboxylic acids is 1. The van der Waals surface area contributed by atoms with E-state index in [0.717, 1.165) is 12.0 Å². The number of carbonyl (C=O) groups is 1. The van der Waals surface area contributed by atoms with E-state index in [0.29, 0.717) is 18.9 Å². The average Bonchev–Trinajstić information content (AvgIpc) is 2.36. The molecular formula is C16H25NO2. The number of amides is 1. The van der Waals surface area contributed by atoms with Crippen LogP contribution in [-0.2, 0) is 11.2 Å². The summed E-state index contributed by atoms with van der Waals surface area (Å²) in [5.41, 5.74) is 1.16. The van der Waals surface area contributed by atoms with Crippen molar-refractivity contribution < 1.29 is 9.90 Å². The molecule has 0 aromatic heterocycles. The molecule has 0 bridgehead atoms. The molecule has 1 aromatic carbocycles. The summed E-state index contributed by atoms with van der Waals surface area (Å²) < 4.78 is 0. The van der Waals surface area contributed by atoms with Crippen molar-refractivity contribution in [1.29, 1.82) is 0 Å². The van der Waals surface area contributed by atoms with E-state index in [-0.39, 0.29) is 11.8 Å². The number of aliphatic hydroxyl groups is 1. The topological polar surface area (TPSA) is 49.3 Å². The Hall–Kier alpha value is -1.35. The summed E-state index contributed by atoms with van der Waals surface area (Å²) >= 11 is 0. The summed E-state index contributed by atoms with van der Waals surface area (Å²) in [5.74, 6) is 0.369. The van der Waals surface area contributed by atoms with Gasteiger partial charge in [-0.15, -0.1) is 0 Å². The molecule has 2 unspecified atom stereocenters. The summed E-state index contributed by atoms with van der Waals surface area (Å²) in [6, 6.07) is 9.98. The van der Waals surface area contributed by atoms with Crippen LogP contribution in [0.25, 0.3) is 0 Å². The standard InChI is InChI=1S/C16H25NO2/c1-12(2)9-15(18)11-17-16(19)13(3)10-14-7-5-4-6-8-14/h4-8,12-13,15,18H,9-11H2,1-3H3,(H,17,19). The number of benzene rings is 1. The first-order chi connectivity index (χ1) is 8.99. The molecule has 3 nitrogen and oxygen atoms in total. The second-order valence-corrected chi connectivity index (χ2v) is 5.62. The highest BCUT2D eigenvalue weighted by atomic mass is 16.3. The quantitative estimate of drug-likeness (QED) is 0.793. The molecule has 2 N–H and O–H groups in total. The van der Waals surface area contributed by atoms with Gasteiger partial charge in [0.05, 0.1) is 6.10 Å². The van der Waals surface area contributed by atoms with Gasteiger partial charge in [0.15, 0.2) is 0 Å². The molecule has 0 aliphatic heterocycles. The molecule has 0 saturated heterocycles. The van der Waals surface area contributed by atoms with Crippen LogP contribution in [0.5, 0.6) is 0 Å². The Kier molecular flexibility index (Phi) is 6.57. The van der Waals surface area contributed by atoms with E-state index >= 15 is 0 Å². The van der Waals surface area contributed by atoms with Gasteiger partial charge in [0.1, 0.15) is 0 Å². The molecule has 3 heteroatoms. The van der Waals surface area contributed by atoms with E-state index in [9.17, 15) is 9.90 Å². The summed E-state index contributed by atoms with van der Waals surface area (Å²) in [7, 11) is 0. The van der Waals surface area contributed by atoms with Crippen LogP contribution in [0.2, 0.25) is 0 Å². The van der Waals surface area contributed by atoms with Gasteiger partial charge >= 0.3 is 0 Å². The molecule has 0 saturated carbocycles. The van der Waals surface area contributed by atoms with E-state index in [1.54, 1.807) is 0 Å². The fourth-order valence-corrected chi connectivity index (χ4v) is 2.08. The van der Waals surface area contributed by atoms with Crippen LogP contribution in [0.3, 0.4) is 0 Å². The normalized spacial score (nSPS) is 14.2. The molecular weight excluding hydrogens is 238 g/mol. The molecule has 0 spiro atoms. The Bertz CT molecular complexity index is 376. The average molecular weight is 263 g/mol. The molecule has 0 heterocycles. The molecule has 0 radical (unpaired) electrons. The SMILES string of the molecule is CC(C)CC(O)CNC(=O)C(C)Cc1ccccc1. The molecule has 0 fully saturated rings. The van der Waals surface area contributed by atoms with Crippen LogP contribution in [0.4, 0.5) is 0 Å². The summed E-state index contributed by atoms with van der Waals surface area (Å²) in [5, 5.41) is 12.5. The summed E-state index contributed by atoms with van der Waals surface area (Å²) in [4.78, 5) is 11.9. The Morgan fingerprint density at radius 3 is 2.42 bits per heavy atom. The second-order valence-electron chi connectivity index (χ2n) is 5.62. The number of hydrogen-bond acceptors (Lipinski definition) is 2. The van der Waals surface area contributed by atoms with Crippen LogP contribution < -0.4 is 5.32 Å². The zero-order valence-corrected chi connectivity index (χ0v) is 12.1. The van der Waals surface area contributed by atoms with E-state index in [1.165, 1.54) is 0 Å². The first-order valence-electron chi connectivity index (χ1n) is 6.98. The largest absolute Gasteiger partial charge is 0.391 e. The highest BCUT2D eigenvalue weighted by Gasteiger charge is 2.15. The molecule has 19 heavy (non-hydrogen) atoms. The van der Waals surface area contributed by atoms with Crippen molar-refractivity contribution in [3.8, 4) is 0 Å². The van der Waals surface area contributed by atoms with Crippen molar-refractivity contribution in [3.63, 3.8) is 0 Å². The molecule has 2 atom stereocenters. The lowest BCUT2D eigenvalue weighted by atomic mass is 10.00. The third-order valence-electron chi connectivity index (χ3n) is 3.09. The molecule has 1 amide bonds. The lowest BCUT2D eigenvalue weighted by molar-refractivity contribution is -0.125. The van der Waals surface area contributed by atoms with Crippen LogP contribution in [0.15, 0.2) is 30.3 Å². The minimum atomic E-state index is -0.451. The van der Waals surface area contributed by atoms with Gasteiger partial charge in [-0.2, -0.15) is 0 Å². The second kappa shape index (κ2) is 7.95. The lowest BCUT2D eigenvalue weighted by Crippen LogP contribution is -2.36. The monoisotopic (exact) mass is 263 g/mol. The zero-order valence-electron chi connectivity index (χ0n) is 12.1. The Balaban J connectivity index is 2.33. The van der Waals surface area contributed by atoms with Crippen molar-refractivity contribution in [2.24, 2.45) is 11.8 Å². The van der Waals surface area contributed by atoms with Gasteiger partial charge in [-0.05, 0) is 24.3 Å². The molecule has 0 aliphatic carbocycles. The maximum absolute atomic E-state index is 11.9. The van der Waals surface area contributed by atoms with E-state index in [1.807, 2.05) is 37.3 Å². The summed E-state index contributed by atoms with van der Waals surface area (Å²) in [6.45, 7) is 6.37. The number of aliphatic hydroxyl groups excluding tert-OH is 1. The van der Waals surface area contributed by atoms with E-state index in [2.05, 4.69) is 19.2 Å². The van der Waals surface area contributed by atoms with Crippen molar-refractivity contribution in [1.82, 2.24) is 5.32 Å². The van der Waals surface area contributed by atoms with Crippen molar-refractivity contribution in [3.05, 3.63) is 35.9 Å². The fourth-order valence-electron chi connectivity index (χ4n) is 2.08. The minimum Gasteiger partial charge on any atom is -0.391 e. The van der Waals surface area contributed by atoms with Crippen LogP contribution >= 0.6 is 0 Å². The third-order valence-corrected chi connectivity index (χ3v) is 3.09. The predicted molar refractivity (Wildman–Crippen MR) is 77.8 cm³/mol. The van der Waals surface area contributed by atoms with Crippen LogP contribution in [-0.4, -0.2) is 23.7 Å². The number of rotatable bonds is 7. The zero-order chi connectivity index (χ0) is 14.3. The minimum absolute atomic E-state index is 0.00617. The van der Waals surface area contributed by atoms with Crippen molar-refractivity contribution in [2.45, 2.75) is 39.7 Å². The maximum Gasteiger partial charge on any atom is 0.223 e. The number of hydrogen-bond donors (Lipinski definition) is 2. The smallest absolute Gasteiger partial charge is 0.223 e. The van der Waals surface area contributed by atoms with Gasteiger partial charge in [-0.25, -0.2) is 0 Å². The number of nitrogens with one attached hydrogen (secondary N) is 1. The highest BCUT2D eigenvalue weighted by molar-refractivity contribution is 5.78. The maximum atomic E-state index is 11.9. The Morgan fingerprint density at radius 1 is 1.21 bits per heavy atom. The van der Waals surface area contributed by atoms with E-state index < -0.39 is 6.10 Å². The van der Waals surface area contributed by atoms with Crippen molar-refractivity contribution in [2.75, 3.05) is 6.54 Å². The van der Waals surface area contributed by atoms with Crippen LogP contribution in [0.1, 0.15) is 32.8 Å².